The van der Waals surface area contributed by atoms with Crippen molar-refractivity contribution in [2.45, 2.75) is 289 Å². The van der Waals surface area contributed by atoms with Gasteiger partial charge in [0.1, 0.15) is 13.2 Å². The Morgan fingerprint density at radius 1 is 0.522 bits per heavy atom. The van der Waals surface area contributed by atoms with Gasteiger partial charge in [-0.05, 0) is 44.9 Å². The molecule has 3 atom stereocenters. The Hall–Kier alpha value is -1.28. The number of carbonyl (C=O) groups excluding carboxylic acids is 1. The number of aliphatic hydroxyl groups is 1. The average Bonchev–Trinajstić information content (AvgIpc) is 3.29. The quantitative estimate of drug-likeness (QED) is 0.0272. The summed E-state index contributed by atoms with van der Waals surface area (Å²) in [7, 11) is 1.26. The third kappa shape index (κ3) is 52.4. The van der Waals surface area contributed by atoms with Gasteiger partial charge in [-0.25, -0.2) is 0 Å². The van der Waals surface area contributed by atoms with Gasteiger partial charge >= 0.3 is 0 Å². The van der Waals surface area contributed by atoms with E-state index in [1.165, 1.54) is 212 Å². The third-order valence-corrected chi connectivity index (χ3v) is 14.1. The van der Waals surface area contributed by atoms with Gasteiger partial charge in [-0.3, -0.25) is 9.36 Å². The Morgan fingerprint density at radius 3 is 1.27 bits per heavy atom. The predicted molar refractivity (Wildman–Crippen MR) is 288 cm³/mol. The summed E-state index contributed by atoms with van der Waals surface area (Å²) in [5.41, 5.74) is 0. The minimum absolute atomic E-state index is 0.000559. The minimum atomic E-state index is -4.57. The van der Waals surface area contributed by atoms with Crippen LogP contribution in [0, 0.1) is 0 Å². The lowest BCUT2D eigenvalue weighted by Gasteiger charge is -2.29. The van der Waals surface area contributed by atoms with Gasteiger partial charge in [0.15, 0.2) is 0 Å². The first-order valence-corrected chi connectivity index (χ1v) is 30.3. The van der Waals surface area contributed by atoms with Crippen molar-refractivity contribution in [2.75, 3.05) is 40.9 Å². The fourth-order valence-electron chi connectivity index (χ4n) is 8.52. The molecule has 0 aliphatic carbocycles. The van der Waals surface area contributed by atoms with Crippen LogP contribution in [0.15, 0.2) is 36.5 Å². The number of rotatable bonds is 53. The molecule has 9 heteroatoms. The predicted octanol–water partition coefficient (Wildman–Crippen LogP) is 16.7. The van der Waals surface area contributed by atoms with Crippen LogP contribution < -0.4 is 10.2 Å². The normalized spacial score (nSPS) is 14.2. The number of nitrogens with one attached hydrogen (secondary N) is 1. The molecule has 1 amide bonds. The molecule has 0 aliphatic heterocycles. The molecule has 8 nitrogen and oxygen atoms in total. The number of likely N-dealkylation sites (N-methyl/N-ethyl adjacent to an activating group) is 1. The Morgan fingerprint density at radius 2 is 0.881 bits per heavy atom. The number of nitrogens with zero attached hydrogens (tertiary/aromatic N) is 1. The Kier molecular flexibility index (Phi) is 48.7. The fourth-order valence-corrected chi connectivity index (χ4v) is 9.25. The standard InChI is InChI=1S/C58H113N2O6P/c1-6-8-10-12-13-14-15-16-17-18-19-20-21-22-23-24-25-26-27-28-29-30-31-32-33-34-35-36-37-38-39-40-41-42-43-44-45-46-47-48-50-52-58(62)59-56(57(61)51-49-11-9-7-2)55-66-67(63,64)65-54-53-60(3,4)5/h15-16,18-19,49,51,56-57,61H,6-14,17,20-48,50,52-55H2,1-5H3,(H-,59,62,63,64)/b16-15-,19-18-,51-49+. The molecule has 0 saturated carbocycles. The lowest BCUT2D eigenvalue weighted by Crippen LogP contribution is -2.45. The highest BCUT2D eigenvalue weighted by Gasteiger charge is 2.23. The van der Waals surface area contributed by atoms with Gasteiger partial charge in [-0.1, -0.05) is 262 Å². The largest absolute Gasteiger partial charge is 0.756 e. The number of amides is 1. The Labute approximate surface area is 417 Å². The van der Waals surface area contributed by atoms with E-state index in [-0.39, 0.29) is 19.1 Å². The summed E-state index contributed by atoms with van der Waals surface area (Å²) in [5, 5.41) is 13.5. The SMILES string of the molecule is CCCC/C=C/C(O)C(COP(=O)([O-])OCC[N+](C)(C)C)NC(=O)CCCCCCCCCCCCCCCCCCCCCCCCCCCCCCC/C=C\C/C=C\CCCCCCC. The number of aliphatic hydroxyl groups excluding tert-OH is 1. The maximum atomic E-state index is 12.8. The van der Waals surface area contributed by atoms with Crippen LogP contribution in [0.2, 0.25) is 0 Å². The van der Waals surface area contributed by atoms with Crippen LogP contribution in [0.4, 0.5) is 0 Å². The number of phosphoric acid groups is 1. The molecule has 0 heterocycles. The highest BCUT2D eigenvalue weighted by atomic mass is 31.2. The molecule has 396 valence electrons. The van der Waals surface area contributed by atoms with Crippen LogP contribution in [-0.4, -0.2) is 68.5 Å². The van der Waals surface area contributed by atoms with Crippen molar-refractivity contribution in [3.05, 3.63) is 36.5 Å². The first-order chi connectivity index (χ1) is 32.5. The fraction of sp³-hybridized carbons (Fsp3) is 0.879. The molecule has 0 aromatic rings. The van der Waals surface area contributed by atoms with Crippen molar-refractivity contribution in [3.63, 3.8) is 0 Å². The van der Waals surface area contributed by atoms with Gasteiger partial charge in [0.2, 0.25) is 5.91 Å². The first kappa shape index (κ1) is 65.7. The molecule has 2 N–H and O–H groups in total. The molecule has 0 aromatic heterocycles. The van der Waals surface area contributed by atoms with E-state index in [0.717, 1.165) is 44.9 Å². The second-order valence-corrected chi connectivity index (χ2v) is 22.4. The van der Waals surface area contributed by atoms with Crippen molar-refractivity contribution in [2.24, 2.45) is 0 Å². The molecule has 0 aromatic carbocycles. The van der Waals surface area contributed by atoms with E-state index >= 15 is 0 Å². The Balaban J connectivity index is 3.59. The van der Waals surface area contributed by atoms with Gasteiger partial charge in [-0.2, -0.15) is 0 Å². The molecule has 67 heavy (non-hydrogen) atoms. The van der Waals surface area contributed by atoms with E-state index in [2.05, 4.69) is 43.5 Å². The third-order valence-electron chi connectivity index (χ3n) is 13.1. The number of hydrogen-bond acceptors (Lipinski definition) is 6. The summed E-state index contributed by atoms with van der Waals surface area (Å²) < 4.78 is 23.0. The summed E-state index contributed by atoms with van der Waals surface area (Å²) in [6.45, 7) is 4.49. The topological polar surface area (TPSA) is 108 Å². The number of hydrogen-bond donors (Lipinski definition) is 2. The van der Waals surface area contributed by atoms with E-state index in [1.807, 2.05) is 27.2 Å². The molecule has 0 spiro atoms. The second-order valence-electron chi connectivity index (χ2n) is 21.0. The summed E-state index contributed by atoms with van der Waals surface area (Å²) in [5.74, 6) is -0.203. The van der Waals surface area contributed by atoms with Crippen LogP contribution in [0.3, 0.4) is 0 Å². The van der Waals surface area contributed by atoms with Crippen LogP contribution in [0.5, 0.6) is 0 Å². The molecule has 0 rings (SSSR count). The minimum Gasteiger partial charge on any atom is -0.756 e. The number of unbranched alkanes of at least 4 members (excludes halogenated alkanes) is 36. The first-order valence-electron chi connectivity index (χ1n) is 28.9. The average molecular weight is 966 g/mol. The van der Waals surface area contributed by atoms with Crippen molar-refractivity contribution in [3.8, 4) is 0 Å². The summed E-state index contributed by atoms with van der Waals surface area (Å²) >= 11 is 0. The van der Waals surface area contributed by atoms with E-state index in [4.69, 9.17) is 9.05 Å². The summed E-state index contributed by atoms with van der Waals surface area (Å²) in [6, 6.07) is -0.879. The zero-order chi connectivity index (χ0) is 49.2. The molecular weight excluding hydrogens is 852 g/mol. The van der Waals surface area contributed by atoms with Gasteiger partial charge in [0.05, 0.1) is 39.9 Å². The maximum Gasteiger partial charge on any atom is 0.268 e. The lowest BCUT2D eigenvalue weighted by molar-refractivity contribution is -0.870. The van der Waals surface area contributed by atoms with E-state index < -0.39 is 20.0 Å². The number of carbonyl (C=O) groups is 1. The summed E-state index contributed by atoms with van der Waals surface area (Å²) in [4.78, 5) is 25.1. The van der Waals surface area contributed by atoms with Crippen LogP contribution >= 0.6 is 7.82 Å². The molecule has 0 saturated heterocycles. The van der Waals surface area contributed by atoms with E-state index in [0.29, 0.717) is 17.4 Å². The number of allylic oxidation sites excluding steroid dienone is 5. The van der Waals surface area contributed by atoms with Crippen molar-refractivity contribution in [1.29, 1.82) is 0 Å². The highest BCUT2D eigenvalue weighted by Crippen LogP contribution is 2.38. The zero-order valence-electron chi connectivity index (χ0n) is 45.1. The molecule has 3 unspecified atom stereocenters. The Bertz CT molecular complexity index is 1190. The molecule has 0 aliphatic rings. The maximum absolute atomic E-state index is 12.8. The second kappa shape index (κ2) is 49.7. The van der Waals surface area contributed by atoms with Crippen molar-refractivity contribution < 1.29 is 32.9 Å². The van der Waals surface area contributed by atoms with Crippen molar-refractivity contribution >= 4 is 13.7 Å². The number of quaternary nitrogens is 1. The van der Waals surface area contributed by atoms with Gasteiger partial charge in [0.25, 0.3) is 7.82 Å². The van der Waals surface area contributed by atoms with E-state index in [1.54, 1.807) is 6.08 Å². The zero-order valence-corrected chi connectivity index (χ0v) is 46.0. The van der Waals surface area contributed by atoms with Gasteiger partial charge in [-0.15, -0.1) is 0 Å². The molecular formula is C58H113N2O6P. The van der Waals surface area contributed by atoms with E-state index in [9.17, 15) is 19.4 Å². The van der Waals surface area contributed by atoms with Gasteiger partial charge in [0, 0.05) is 6.42 Å². The number of phosphoric ester groups is 1. The molecule has 0 radical (unpaired) electrons. The van der Waals surface area contributed by atoms with Crippen LogP contribution in [0.25, 0.3) is 0 Å². The lowest BCUT2D eigenvalue weighted by atomic mass is 10.0. The van der Waals surface area contributed by atoms with Gasteiger partial charge < -0.3 is 28.8 Å². The smallest absolute Gasteiger partial charge is 0.268 e. The molecule has 0 bridgehead atoms. The van der Waals surface area contributed by atoms with Crippen LogP contribution in [0.1, 0.15) is 277 Å². The monoisotopic (exact) mass is 965 g/mol. The highest BCUT2D eigenvalue weighted by molar-refractivity contribution is 7.45. The molecule has 0 fully saturated rings. The summed E-state index contributed by atoms with van der Waals surface area (Å²) in [6.07, 6.45) is 64.8. The van der Waals surface area contributed by atoms with Crippen molar-refractivity contribution in [1.82, 2.24) is 5.32 Å². The van der Waals surface area contributed by atoms with Crippen LogP contribution in [-0.2, 0) is 18.4 Å².